The van der Waals surface area contributed by atoms with Gasteiger partial charge in [0.15, 0.2) is 5.49 Å². The molecule has 0 spiro atoms. The van der Waals surface area contributed by atoms with Crippen molar-refractivity contribution in [2.24, 2.45) is 9.98 Å². The Hall–Kier alpha value is -2.29. The molecule has 0 saturated carbocycles. The van der Waals surface area contributed by atoms with Crippen LogP contribution in [0.3, 0.4) is 0 Å². The molecule has 1 aromatic carbocycles. The van der Waals surface area contributed by atoms with Gasteiger partial charge in [0.25, 0.3) is 0 Å². The van der Waals surface area contributed by atoms with Crippen LogP contribution in [-0.4, -0.2) is 11.2 Å². The second-order valence-electron chi connectivity index (χ2n) is 3.86. The van der Waals surface area contributed by atoms with Crippen LogP contribution in [0.25, 0.3) is 6.20 Å². The molecule has 0 atom stereocenters. The number of hydrogen-bond donors (Lipinski definition) is 0. The van der Waals surface area contributed by atoms with Crippen LogP contribution in [0, 0.1) is 10.4 Å². The lowest BCUT2D eigenvalue weighted by molar-refractivity contribution is 1.15. The van der Waals surface area contributed by atoms with Gasteiger partial charge in [-0.3, -0.25) is 4.99 Å². The first-order valence-corrected chi connectivity index (χ1v) is 5.14. The van der Waals surface area contributed by atoms with E-state index in [0.717, 1.165) is 32.4 Å². The maximum atomic E-state index is 4.51. The van der Waals surface area contributed by atoms with Crippen molar-refractivity contribution < 1.29 is 0 Å². The Morgan fingerprint density at radius 1 is 1.06 bits per heavy atom. The zero-order valence-electron chi connectivity index (χ0n) is 8.38. The van der Waals surface area contributed by atoms with Gasteiger partial charge in [-0.15, -0.1) is 0 Å². The zero-order valence-corrected chi connectivity index (χ0v) is 8.38. The fourth-order valence-corrected chi connectivity index (χ4v) is 2.24. The molecule has 4 rings (SSSR count). The van der Waals surface area contributed by atoms with Crippen LogP contribution >= 0.6 is 0 Å². The molecule has 3 nitrogen and oxygen atoms in total. The Morgan fingerprint density at radius 3 is 3.06 bits per heavy atom. The van der Waals surface area contributed by atoms with Crippen LogP contribution in [-0.2, 0) is 0 Å². The molecular weight excluding hydrogens is 198 g/mol. The summed E-state index contributed by atoms with van der Waals surface area (Å²) < 4.78 is 0. The summed E-state index contributed by atoms with van der Waals surface area (Å²) in [6.45, 7) is 0. The summed E-state index contributed by atoms with van der Waals surface area (Å²) in [5.74, 6) is 0. The SMILES string of the molecule is C1=NC=c2c1ccc1c2=c2cccnc2=N1. The largest absolute Gasteiger partial charge is 0.263 e. The van der Waals surface area contributed by atoms with Crippen LogP contribution in [0.4, 0.5) is 5.69 Å². The fourth-order valence-electron chi connectivity index (χ4n) is 2.24. The van der Waals surface area contributed by atoms with E-state index in [0.29, 0.717) is 0 Å². The highest BCUT2D eigenvalue weighted by Crippen LogP contribution is 2.15. The Balaban J connectivity index is 2.43. The third kappa shape index (κ3) is 0.852. The van der Waals surface area contributed by atoms with Crippen LogP contribution in [0.5, 0.6) is 0 Å². The summed E-state index contributed by atoms with van der Waals surface area (Å²) in [6.07, 6.45) is 5.55. The Kier molecular flexibility index (Phi) is 1.31. The van der Waals surface area contributed by atoms with Gasteiger partial charge in [-0.25, -0.2) is 9.98 Å². The first kappa shape index (κ1) is 7.93. The van der Waals surface area contributed by atoms with E-state index < -0.39 is 0 Å². The average molecular weight is 205 g/mol. The summed E-state index contributed by atoms with van der Waals surface area (Å²) in [5.41, 5.74) is 2.96. The topological polar surface area (TPSA) is 37.6 Å². The first-order chi connectivity index (χ1) is 7.93. The molecule has 0 fully saturated rings. The number of aromatic nitrogens is 1. The van der Waals surface area contributed by atoms with Gasteiger partial charge in [0.2, 0.25) is 0 Å². The normalized spacial score (nSPS) is 13.8. The van der Waals surface area contributed by atoms with Crippen LogP contribution in [0.2, 0.25) is 0 Å². The van der Waals surface area contributed by atoms with E-state index in [1.807, 2.05) is 24.5 Å². The molecule has 3 heterocycles. The van der Waals surface area contributed by atoms with Crippen LogP contribution in [0.1, 0.15) is 5.56 Å². The second kappa shape index (κ2) is 2.64. The van der Waals surface area contributed by atoms with Gasteiger partial charge >= 0.3 is 0 Å². The first-order valence-electron chi connectivity index (χ1n) is 5.14. The molecule has 0 saturated heterocycles. The number of nitrogens with zero attached hydrogens (tertiary/aromatic N) is 3. The molecule has 2 aromatic rings. The predicted octanol–water partition coefficient (Wildman–Crippen LogP) is 0.804. The van der Waals surface area contributed by atoms with Gasteiger partial charge in [-0.05, 0) is 18.2 Å². The van der Waals surface area contributed by atoms with E-state index in [4.69, 9.17) is 0 Å². The van der Waals surface area contributed by atoms with Crippen molar-refractivity contribution in [2.45, 2.75) is 0 Å². The second-order valence-corrected chi connectivity index (χ2v) is 3.86. The monoisotopic (exact) mass is 205 g/mol. The van der Waals surface area contributed by atoms with E-state index >= 15 is 0 Å². The number of aliphatic imine (C=N–C) groups is 1. The zero-order chi connectivity index (χ0) is 10.5. The van der Waals surface area contributed by atoms with E-state index in [1.165, 1.54) is 0 Å². The van der Waals surface area contributed by atoms with E-state index in [1.54, 1.807) is 6.20 Å². The maximum absolute atomic E-state index is 4.51. The fraction of sp³-hybridized carbons (Fsp3) is 0. The number of pyridine rings is 1. The third-order valence-corrected chi connectivity index (χ3v) is 2.96. The van der Waals surface area contributed by atoms with Gasteiger partial charge in [0, 0.05) is 39.8 Å². The highest BCUT2D eigenvalue weighted by Gasteiger charge is 2.09. The van der Waals surface area contributed by atoms with Crippen molar-refractivity contribution in [2.75, 3.05) is 0 Å². The Labute approximate surface area is 90.8 Å². The Morgan fingerprint density at radius 2 is 2.06 bits per heavy atom. The average Bonchev–Trinajstić information content (AvgIpc) is 2.91. The van der Waals surface area contributed by atoms with Gasteiger partial charge in [-0.1, -0.05) is 6.07 Å². The van der Waals surface area contributed by atoms with Crippen molar-refractivity contribution in [3.8, 4) is 0 Å². The van der Waals surface area contributed by atoms with Gasteiger partial charge in [0.1, 0.15) is 0 Å². The number of fused-ring (bicyclic) bond motifs is 4. The molecule has 0 N–H and O–H groups in total. The minimum atomic E-state index is 0.811. The molecule has 1 aromatic heterocycles. The molecule has 0 radical (unpaired) electrons. The number of benzene rings is 1. The lowest BCUT2D eigenvalue weighted by Crippen LogP contribution is -2.09. The predicted molar refractivity (Wildman–Crippen MR) is 60.9 cm³/mol. The van der Waals surface area contributed by atoms with Crippen LogP contribution in [0.15, 0.2) is 40.4 Å². The summed E-state index contributed by atoms with van der Waals surface area (Å²) in [4.78, 5) is 13.0. The molecule has 0 unspecified atom stereocenters. The van der Waals surface area contributed by atoms with E-state index in [9.17, 15) is 0 Å². The van der Waals surface area contributed by atoms with Crippen LogP contribution < -0.4 is 10.7 Å². The highest BCUT2D eigenvalue weighted by molar-refractivity contribution is 5.86. The molecule has 0 aliphatic carbocycles. The molecule has 16 heavy (non-hydrogen) atoms. The van der Waals surface area contributed by atoms with Crippen molar-refractivity contribution in [1.82, 2.24) is 4.98 Å². The van der Waals surface area contributed by atoms with Crippen molar-refractivity contribution >= 4 is 18.1 Å². The number of rotatable bonds is 0. The maximum Gasteiger partial charge on any atom is 0.160 e. The Bertz CT molecular complexity index is 848. The minimum absolute atomic E-state index is 0.811. The van der Waals surface area contributed by atoms with Gasteiger partial charge in [-0.2, -0.15) is 0 Å². The van der Waals surface area contributed by atoms with Gasteiger partial charge < -0.3 is 0 Å². The quantitative estimate of drug-likeness (QED) is 0.535. The molecule has 74 valence electrons. The molecular formula is C13H7N3. The van der Waals surface area contributed by atoms with E-state index in [2.05, 4.69) is 27.1 Å². The van der Waals surface area contributed by atoms with E-state index in [-0.39, 0.29) is 0 Å². The molecule has 2 aliphatic heterocycles. The summed E-state index contributed by atoms with van der Waals surface area (Å²) in [6, 6.07) is 8.08. The summed E-state index contributed by atoms with van der Waals surface area (Å²) >= 11 is 0. The highest BCUT2D eigenvalue weighted by atomic mass is 14.9. The molecule has 3 heteroatoms. The molecule has 0 bridgehead atoms. The summed E-state index contributed by atoms with van der Waals surface area (Å²) in [5, 5.41) is 3.43. The lowest BCUT2D eigenvalue weighted by Gasteiger charge is -1.93. The van der Waals surface area contributed by atoms with Crippen molar-refractivity contribution in [3.05, 3.63) is 57.2 Å². The van der Waals surface area contributed by atoms with Crippen molar-refractivity contribution in [3.63, 3.8) is 0 Å². The summed E-state index contributed by atoms with van der Waals surface area (Å²) in [7, 11) is 0. The van der Waals surface area contributed by atoms with Crippen molar-refractivity contribution in [1.29, 1.82) is 0 Å². The molecule has 2 aliphatic rings. The third-order valence-electron chi connectivity index (χ3n) is 2.96. The minimum Gasteiger partial charge on any atom is -0.263 e. The lowest BCUT2D eigenvalue weighted by atomic mass is 10.1. The number of hydrogen-bond acceptors (Lipinski definition) is 3. The van der Waals surface area contributed by atoms with Gasteiger partial charge in [0.05, 0.1) is 5.69 Å². The molecule has 0 amide bonds. The standard InChI is InChI=1S/C13H7N3/c1-2-9-12-10-7-14-6-8(10)3-4-11(12)16-13(9)15-5-1/h1-7H. The smallest absolute Gasteiger partial charge is 0.160 e.